The minimum atomic E-state index is -0.159. The first-order chi connectivity index (χ1) is 15.1. The zero-order chi connectivity index (χ0) is 22.8. The molecule has 0 saturated carbocycles. The predicted octanol–water partition coefficient (Wildman–Crippen LogP) is 4.65. The number of aromatic nitrogens is 4. The maximum absolute atomic E-state index is 13.8. The van der Waals surface area contributed by atoms with Crippen molar-refractivity contribution >= 4 is 50.1 Å². The van der Waals surface area contributed by atoms with Crippen LogP contribution in [-0.2, 0) is 5.41 Å². The Balaban J connectivity index is 1.64. The van der Waals surface area contributed by atoms with E-state index in [2.05, 4.69) is 25.7 Å². The second-order valence-electron chi connectivity index (χ2n) is 9.36. The van der Waals surface area contributed by atoms with E-state index in [-0.39, 0.29) is 11.3 Å². The summed E-state index contributed by atoms with van der Waals surface area (Å²) in [5.74, 6) is 2.08. The molecular formula is C24H26N6OS. The second kappa shape index (κ2) is 7.20. The van der Waals surface area contributed by atoms with Crippen LogP contribution in [0.3, 0.4) is 0 Å². The van der Waals surface area contributed by atoms with Gasteiger partial charge in [-0.2, -0.15) is 0 Å². The summed E-state index contributed by atoms with van der Waals surface area (Å²) in [6.07, 6.45) is 0. The summed E-state index contributed by atoms with van der Waals surface area (Å²) in [6.45, 7) is 11.5. The largest absolute Gasteiger partial charge is 0.355 e. The fraction of sp³-hybridized carbons (Fsp3) is 0.375. The number of likely N-dealkylation sites (N-methyl/N-ethyl adjacent to an activating group) is 1. The molecule has 0 unspecified atom stereocenters. The van der Waals surface area contributed by atoms with Crippen LogP contribution in [0.25, 0.3) is 21.3 Å². The molecule has 5 rings (SSSR count). The summed E-state index contributed by atoms with van der Waals surface area (Å²) in [7, 11) is 1.99. The molecule has 4 aromatic rings. The van der Waals surface area contributed by atoms with Gasteiger partial charge in [0.1, 0.15) is 10.7 Å². The number of nitrogens with zero attached hydrogens (tertiary/aromatic N) is 6. The van der Waals surface area contributed by atoms with Gasteiger partial charge in [-0.25, -0.2) is 19.9 Å². The second-order valence-corrected chi connectivity index (χ2v) is 10.4. The van der Waals surface area contributed by atoms with Crippen molar-refractivity contribution < 1.29 is 4.79 Å². The van der Waals surface area contributed by atoms with Gasteiger partial charge in [0.2, 0.25) is 0 Å². The minimum Gasteiger partial charge on any atom is -0.355 e. The Morgan fingerprint density at radius 3 is 2.28 bits per heavy atom. The molecule has 1 aliphatic heterocycles. The van der Waals surface area contributed by atoms with Crippen LogP contribution in [0.2, 0.25) is 0 Å². The van der Waals surface area contributed by atoms with Gasteiger partial charge in [0, 0.05) is 30.9 Å². The van der Waals surface area contributed by atoms with Gasteiger partial charge in [-0.3, -0.25) is 9.69 Å². The van der Waals surface area contributed by atoms with Gasteiger partial charge in [-0.15, -0.1) is 11.3 Å². The number of anilines is 2. The van der Waals surface area contributed by atoms with Crippen LogP contribution in [0.4, 0.5) is 11.6 Å². The third-order valence-electron chi connectivity index (χ3n) is 5.89. The molecule has 3 aromatic heterocycles. The third kappa shape index (κ3) is 3.21. The van der Waals surface area contributed by atoms with Gasteiger partial charge < -0.3 is 4.90 Å². The number of para-hydroxylation sites is 2. The van der Waals surface area contributed by atoms with E-state index in [1.165, 1.54) is 11.3 Å². The highest BCUT2D eigenvalue weighted by Crippen LogP contribution is 2.37. The van der Waals surface area contributed by atoms with Crippen LogP contribution < -0.4 is 9.80 Å². The number of fused-ring (bicyclic) bond motifs is 3. The molecule has 0 bridgehead atoms. The highest BCUT2D eigenvalue weighted by atomic mass is 32.1. The summed E-state index contributed by atoms with van der Waals surface area (Å²) in [4.78, 5) is 38.3. The molecule has 1 amide bonds. The molecular weight excluding hydrogens is 420 g/mol. The fourth-order valence-corrected chi connectivity index (χ4v) is 5.26. The quantitative estimate of drug-likeness (QED) is 0.424. The zero-order valence-electron chi connectivity index (χ0n) is 19.2. The zero-order valence-corrected chi connectivity index (χ0v) is 20.0. The van der Waals surface area contributed by atoms with Gasteiger partial charge in [0.15, 0.2) is 11.6 Å². The number of rotatable bonds is 1. The first-order valence-corrected chi connectivity index (χ1v) is 11.5. The van der Waals surface area contributed by atoms with Crippen molar-refractivity contribution in [1.29, 1.82) is 0 Å². The van der Waals surface area contributed by atoms with Crippen molar-refractivity contribution in [2.75, 3.05) is 29.9 Å². The van der Waals surface area contributed by atoms with E-state index in [0.29, 0.717) is 23.8 Å². The minimum absolute atomic E-state index is 0.0545. The van der Waals surface area contributed by atoms with Gasteiger partial charge in [0.05, 0.1) is 21.6 Å². The molecule has 8 heteroatoms. The summed E-state index contributed by atoms with van der Waals surface area (Å²) < 4.78 is 0. The first kappa shape index (κ1) is 20.8. The summed E-state index contributed by atoms with van der Waals surface area (Å²) >= 11 is 1.45. The molecule has 32 heavy (non-hydrogen) atoms. The highest BCUT2D eigenvalue weighted by Gasteiger charge is 2.32. The van der Waals surface area contributed by atoms with Crippen LogP contribution in [0.5, 0.6) is 0 Å². The average Bonchev–Trinajstić information content (AvgIpc) is 3.09. The van der Waals surface area contributed by atoms with Gasteiger partial charge in [-0.1, -0.05) is 32.9 Å². The Hall–Kier alpha value is -3.13. The first-order valence-electron chi connectivity index (χ1n) is 10.7. The monoisotopic (exact) mass is 446 g/mol. The number of hydrogen-bond acceptors (Lipinski definition) is 7. The lowest BCUT2D eigenvalue weighted by atomic mass is 9.95. The summed E-state index contributed by atoms with van der Waals surface area (Å²) in [5.41, 5.74) is 3.29. The number of hydrogen-bond donors (Lipinski definition) is 0. The molecule has 0 spiro atoms. The molecule has 1 aromatic carbocycles. The van der Waals surface area contributed by atoms with Crippen molar-refractivity contribution in [3.63, 3.8) is 0 Å². The molecule has 7 nitrogen and oxygen atoms in total. The van der Waals surface area contributed by atoms with Crippen molar-refractivity contribution in [1.82, 2.24) is 19.9 Å². The predicted molar refractivity (Wildman–Crippen MR) is 130 cm³/mol. The normalized spacial score (nSPS) is 14.3. The molecule has 0 radical (unpaired) electrons. The number of thiophene rings is 1. The number of amides is 1. The molecule has 1 aliphatic rings. The van der Waals surface area contributed by atoms with Crippen molar-refractivity contribution in [2.45, 2.75) is 40.0 Å². The van der Waals surface area contributed by atoms with Crippen LogP contribution in [-0.4, -0.2) is 46.0 Å². The number of carbonyl (C=O) groups excluding carboxylic acids is 1. The molecule has 0 saturated heterocycles. The lowest BCUT2D eigenvalue weighted by Gasteiger charge is -2.33. The van der Waals surface area contributed by atoms with E-state index >= 15 is 0 Å². The molecule has 4 heterocycles. The smallest absolute Gasteiger partial charge is 0.270 e. The van der Waals surface area contributed by atoms with Crippen molar-refractivity contribution in [3.05, 3.63) is 46.2 Å². The highest BCUT2D eigenvalue weighted by molar-refractivity contribution is 7.20. The van der Waals surface area contributed by atoms with E-state index in [9.17, 15) is 4.79 Å². The Morgan fingerprint density at radius 1 is 0.969 bits per heavy atom. The SMILES string of the molecule is Cc1nc(C(C)(C)C)nc2sc(C(=O)N3CCN(C)c4nc5ccccc5nc43)c(C)c12. The Bertz CT molecular complexity index is 1390. The molecule has 164 valence electrons. The van der Waals surface area contributed by atoms with Crippen LogP contribution in [0.1, 0.15) is 47.5 Å². The molecule has 0 fully saturated rings. The summed E-state index contributed by atoms with van der Waals surface area (Å²) in [6, 6.07) is 7.76. The van der Waals surface area contributed by atoms with E-state index in [0.717, 1.165) is 44.1 Å². The Kier molecular flexibility index (Phi) is 4.67. The number of benzene rings is 1. The van der Waals surface area contributed by atoms with Crippen LogP contribution in [0.15, 0.2) is 24.3 Å². The van der Waals surface area contributed by atoms with Crippen LogP contribution >= 0.6 is 11.3 Å². The van der Waals surface area contributed by atoms with Gasteiger partial charge >= 0.3 is 0 Å². The topological polar surface area (TPSA) is 75.1 Å². The Labute approximate surface area is 191 Å². The third-order valence-corrected chi connectivity index (χ3v) is 7.07. The maximum atomic E-state index is 13.8. The van der Waals surface area contributed by atoms with Crippen LogP contribution in [0, 0.1) is 13.8 Å². The molecule has 0 N–H and O–H groups in total. The van der Waals surface area contributed by atoms with Crippen molar-refractivity contribution in [2.24, 2.45) is 0 Å². The van der Waals surface area contributed by atoms with Gasteiger partial charge in [-0.05, 0) is 31.5 Å². The lowest BCUT2D eigenvalue weighted by molar-refractivity contribution is 0.0989. The Morgan fingerprint density at radius 2 is 1.62 bits per heavy atom. The lowest BCUT2D eigenvalue weighted by Crippen LogP contribution is -2.43. The van der Waals surface area contributed by atoms with E-state index < -0.39 is 0 Å². The standard InChI is InChI=1S/C24H26N6OS/c1-13-17-14(2)25-23(24(3,4)5)28-21(17)32-18(13)22(31)30-12-11-29(6)19-20(30)27-16-10-8-7-9-15(16)26-19/h7-10H,11-12H2,1-6H3. The van der Waals surface area contributed by atoms with E-state index in [1.54, 1.807) is 4.90 Å². The number of carbonyl (C=O) groups is 1. The molecule has 0 atom stereocenters. The van der Waals surface area contributed by atoms with Gasteiger partial charge in [0.25, 0.3) is 5.91 Å². The fourth-order valence-electron chi connectivity index (χ4n) is 4.08. The van der Waals surface area contributed by atoms with E-state index in [4.69, 9.17) is 19.9 Å². The average molecular weight is 447 g/mol. The number of aryl methyl sites for hydroxylation is 2. The molecule has 0 aliphatic carbocycles. The van der Waals surface area contributed by atoms with E-state index in [1.807, 2.05) is 45.2 Å². The summed E-state index contributed by atoms with van der Waals surface area (Å²) in [5, 5.41) is 0.977. The maximum Gasteiger partial charge on any atom is 0.270 e. The van der Waals surface area contributed by atoms with Crippen molar-refractivity contribution in [3.8, 4) is 0 Å².